The van der Waals surface area contributed by atoms with Crippen molar-refractivity contribution in [2.24, 2.45) is 17.6 Å². The van der Waals surface area contributed by atoms with E-state index in [1.165, 1.54) is 38.0 Å². The molecule has 1 aromatic carbocycles. The fourth-order valence-corrected chi connectivity index (χ4v) is 3.39. The van der Waals surface area contributed by atoms with Crippen LogP contribution in [0.3, 0.4) is 0 Å². The van der Waals surface area contributed by atoms with Crippen molar-refractivity contribution < 1.29 is 0 Å². The molecule has 3 heteroatoms. The fourth-order valence-electron chi connectivity index (χ4n) is 3.39. The summed E-state index contributed by atoms with van der Waals surface area (Å²) < 4.78 is 0. The number of hydrogen-bond acceptors (Lipinski definition) is 3. The van der Waals surface area contributed by atoms with E-state index in [1.54, 1.807) is 0 Å². The minimum Gasteiger partial charge on any atom is -0.324 e. The highest BCUT2D eigenvalue weighted by Gasteiger charge is 2.23. The predicted molar refractivity (Wildman–Crippen MR) is 90.3 cm³/mol. The molecule has 1 saturated heterocycles. The van der Waals surface area contributed by atoms with Gasteiger partial charge in [0.1, 0.15) is 0 Å². The van der Waals surface area contributed by atoms with E-state index in [1.807, 2.05) is 0 Å². The Labute approximate surface area is 130 Å². The smallest absolute Gasteiger partial charge is 0.0333 e. The Balaban J connectivity index is 1.78. The Bertz CT molecular complexity index is 396. The molecule has 0 aliphatic carbocycles. The molecular weight excluding hydrogens is 258 g/mol. The van der Waals surface area contributed by atoms with Gasteiger partial charge in [-0.25, -0.2) is 0 Å². The van der Waals surface area contributed by atoms with Gasteiger partial charge in [0.05, 0.1) is 0 Å². The molecule has 1 heterocycles. The Kier molecular flexibility index (Phi) is 6.22. The van der Waals surface area contributed by atoms with E-state index in [4.69, 9.17) is 5.73 Å². The predicted octanol–water partition coefficient (Wildman–Crippen LogP) is 2.60. The summed E-state index contributed by atoms with van der Waals surface area (Å²) in [6.07, 6.45) is 2.65. The molecule has 118 valence electrons. The summed E-state index contributed by atoms with van der Waals surface area (Å²) in [5.41, 5.74) is 7.67. The third-order valence-corrected chi connectivity index (χ3v) is 4.67. The molecule has 2 atom stereocenters. The van der Waals surface area contributed by atoms with Crippen LogP contribution in [-0.4, -0.2) is 50.1 Å². The first-order chi connectivity index (χ1) is 10.1. The third kappa shape index (κ3) is 5.10. The molecule has 0 bridgehead atoms. The van der Waals surface area contributed by atoms with Gasteiger partial charge in [-0.1, -0.05) is 37.3 Å². The minimum absolute atomic E-state index is 0.144. The van der Waals surface area contributed by atoms with E-state index in [9.17, 15) is 0 Å². The van der Waals surface area contributed by atoms with Crippen molar-refractivity contribution in [3.05, 3.63) is 35.9 Å². The summed E-state index contributed by atoms with van der Waals surface area (Å²) >= 11 is 0. The first kappa shape index (κ1) is 16.5. The van der Waals surface area contributed by atoms with Gasteiger partial charge in [-0.15, -0.1) is 0 Å². The van der Waals surface area contributed by atoms with Crippen LogP contribution in [0.5, 0.6) is 0 Å². The SMILES string of the molecule is CC(CN1CCC(CN(C)C)CC1)C(N)c1ccccc1. The van der Waals surface area contributed by atoms with Gasteiger partial charge in [0.2, 0.25) is 0 Å². The zero-order valence-corrected chi connectivity index (χ0v) is 13.8. The molecular formula is C18H31N3. The Morgan fingerprint density at radius 2 is 1.81 bits per heavy atom. The lowest BCUT2D eigenvalue weighted by Crippen LogP contribution is -2.40. The molecule has 1 aliphatic rings. The van der Waals surface area contributed by atoms with Gasteiger partial charge in [-0.05, 0) is 57.4 Å². The Hall–Kier alpha value is -0.900. The third-order valence-electron chi connectivity index (χ3n) is 4.67. The molecule has 0 spiro atoms. The van der Waals surface area contributed by atoms with Crippen LogP contribution in [0, 0.1) is 11.8 Å². The lowest BCUT2D eigenvalue weighted by molar-refractivity contribution is 0.141. The van der Waals surface area contributed by atoms with Crippen molar-refractivity contribution >= 4 is 0 Å². The maximum atomic E-state index is 6.42. The van der Waals surface area contributed by atoms with Crippen molar-refractivity contribution in [3.8, 4) is 0 Å². The summed E-state index contributed by atoms with van der Waals surface area (Å²) in [5, 5.41) is 0. The standard InChI is InChI=1S/C18H31N3/c1-15(18(19)17-7-5-4-6-8-17)13-21-11-9-16(10-12-21)14-20(2)3/h4-8,15-16,18H,9-14,19H2,1-3H3. The van der Waals surface area contributed by atoms with Crippen molar-refractivity contribution in [1.29, 1.82) is 0 Å². The molecule has 1 aromatic rings. The number of rotatable bonds is 6. The van der Waals surface area contributed by atoms with Crippen LogP contribution in [0.25, 0.3) is 0 Å². The number of likely N-dealkylation sites (tertiary alicyclic amines) is 1. The van der Waals surface area contributed by atoms with E-state index in [2.05, 4.69) is 61.2 Å². The molecule has 0 aromatic heterocycles. The van der Waals surface area contributed by atoms with Gasteiger partial charge < -0.3 is 15.5 Å². The maximum Gasteiger partial charge on any atom is 0.0333 e. The van der Waals surface area contributed by atoms with E-state index < -0.39 is 0 Å². The highest BCUT2D eigenvalue weighted by Crippen LogP contribution is 2.23. The zero-order valence-electron chi connectivity index (χ0n) is 13.8. The molecule has 2 rings (SSSR count). The highest BCUT2D eigenvalue weighted by atomic mass is 15.1. The molecule has 1 fully saturated rings. The summed E-state index contributed by atoms with van der Waals surface area (Å²) in [7, 11) is 4.35. The van der Waals surface area contributed by atoms with Crippen molar-refractivity contribution in [3.63, 3.8) is 0 Å². The average Bonchev–Trinajstić information content (AvgIpc) is 2.49. The van der Waals surface area contributed by atoms with Crippen LogP contribution in [0.4, 0.5) is 0 Å². The summed E-state index contributed by atoms with van der Waals surface area (Å²) in [4.78, 5) is 4.91. The summed E-state index contributed by atoms with van der Waals surface area (Å²) in [6, 6.07) is 10.6. The number of piperidine rings is 1. The van der Waals surface area contributed by atoms with Crippen LogP contribution in [0.15, 0.2) is 30.3 Å². The highest BCUT2D eigenvalue weighted by molar-refractivity contribution is 5.19. The molecule has 0 saturated carbocycles. The number of hydrogen-bond donors (Lipinski definition) is 1. The van der Waals surface area contributed by atoms with Crippen molar-refractivity contribution in [2.75, 3.05) is 40.3 Å². The first-order valence-electron chi connectivity index (χ1n) is 8.24. The molecule has 0 radical (unpaired) electrons. The molecule has 3 nitrogen and oxygen atoms in total. The van der Waals surface area contributed by atoms with Crippen LogP contribution < -0.4 is 5.73 Å². The lowest BCUT2D eigenvalue weighted by atomic mass is 9.92. The molecule has 0 amide bonds. The van der Waals surface area contributed by atoms with E-state index in [-0.39, 0.29) is 6.04 Å². The van der Waals surface area contributed by atoms with E-state index in [0.717, 1.165) is 12.5 Å². The van der Waals surface area contributed by atoms with Gasteiger partial charge >= 0.3 is 0 Å². The monoisotopic (exact) mass is 289 g/mol. The number of nitrogens with two attached hydrogens (primary N) is 1. The minimum atomic E-state index is 0.144. The topological polar surface area (TPSA) is 32.5 Å². The second-order valence-corrected chi connectivity index (χ2v) is 6.92. The average molecular weight is 289 g/mol. The zero-order chi connectivity index (χ0) is 15.2. The van der Waals surface area contributed by atoms with E-state index in [0.29, 0.717) is 5.92 Å². The van der Waals surface area contributed by atoms with Gasteiger partial charge in [-0.2, -0.15) is 0 Å². The van der Waals surface area contributed by atoms with Crippen molar-refractivity contribution in [2.45, 2.75) is 25.8 Å². The normalized spacial score (nSPS) is 20.6. The van der Waals surface area contributed by atoms with Crippen molar-refractivity contribution in [1.82, 2.24) is 9.80 Å². The van der Waals surface area contributed by atoms with Gasteiger partial charge in [-0.3, -0.25) is 0 Å². The second-order valence-electron chi connectivity index (χ2n) is 6.92. The largest absolute Gasteiger partial charge is 0.324 e. The summed E-state index contributed by atoms with van der Waals surface area (Å²) in [5.74, 6) is 1.37. The van der Waals surface area contributed by atoms with Gasteiger partial charge in [0, 0.05) is 19.1 Å². The van der Waals surface area contributed by atoms with Gasteiger partial charge in [0.15, 0.2) is 0 Å². The fraction of sp³-hybridized carbons (Fsp3) is 0.667. The van der Waals surface area contributed by atoms with Crippen LogP contribution in [0.2, 0.25) is 0 Å². The molecule has 21 heavy (non-hydrogen) atoms. The number of nitrogens with zero attached hydrogens (tertiary/aromatic N) is 2. The lowest BCUT2D eigenvalue weighted by Gasteiger charge is -2.35. The van der Waals surface area contributed by atoms with Crippen LogP contribution in [-0.2, 0) is 0 Å². The van der Waals surface area contributed by atoms with Crippen LogP contribution >= 0.6 is 0 Å². The van der Waals surface area contributed by atoms with E-state index >= 15 is 0 Å². The van der Waals surface area contributed by atoms with Gasteiger partial charge in [0.25, 0.3) is 0 Å². The first-order valence-corrected chi connectivity index (χ1v) is 8.24. The molecule has 2 unspecified atom stereocenters. The Morgan fingerprint density at radius 3 is 2.38 bits per heavy atom. The molecule has 1 aliphatic heterocycles. The maximum absolute atomic E-state index is 6.42. The number of benzene rings is 1. The Morgan fingerprint density at radius 1 is 1.19 bits per heavy atom. The van der Waals surface area contributed by atoms with Crippen LogP contribution in [0.1, 0.15) is 31.4 Å². The quantitative estimate of drug-likeness (QED) is 0.874. The summed E-state index contributed by atoms with van der Waals surface area (Å²) in [6.45, 7) is 7.08. The second kappa shape index (κ2) is 7.92. The molecule has 2 N–H and O–H groups in total.